The third-order valence-corrected chi connectivity index (χ3v) is 1.86. The molecule has 0 aliphatic heterocycles. The van der Waals surface area contributed by atoms with Crippen LogP contribution in [0.3, 0.4) is 0 Å². The van der Waals surface area contributed by atoms with Gasteiger partial charge in [0.05, 0.1) is 11.9 Å². The Balaban J connectivity index is 2.24. The first kappa shape index (κ1) is 9.64. The predicted molar refractivity (Wildman–Crippen MR) is 52.8 cm³/mol. The summed E-state index contributed by atoms with van der Waals surface area (Å²) in [6, 6.07) is 3.26. The molecule has 0 radical (unpaired) electrons. The summed E-state index contributed by atoms with van der Waals surface area (Å²) in [4.78, 5) is 0. The molecule has 0 saturated carbocycles. The van der Waals surface area contributed by atoms with Crippen LogP contribution >= 0.6 is 0 Å². The Labute approximate surface area is 85.3 Å². The Morgan fingerprint density at radius 1 is 1.13 bits per heavy atom. The van der Waals surface area contributed by atoms with Gasteiger partial charge in [-0.1, -0.05) is 0 Å². The maximum absolute atomic E-state index is 12.8. The molecule has 15 heavy (non-hydrogen) atoms. The lowest BCUT2D eigenvalue weighted by Gasteiger charge is -2.03. The molecule has 1 aromatic heterocycles. The minimum absolute atomic E-state index is 0.362. The van der Waals surface area contributed by atoms with E-state index in [1.165, 1.54) is 12.1 Å². The first-order valence-electron chi connectivity index (χ1n) is 4.35. The van der Waals surface area contributed by atoms with E-state index in [0.29, 0.717) is 11.4 Å². The highest BCUT2D eigenvalue weighted by Crippen LogP contribution is 2.17. The third kappa shape index (κ3) is 2.31. The third-order valence-electron chi connectivity index (χ3n) is 1.86. The number of aromatic nitrogens is 2. The second-order valence-electron chi connectivity index (χ2n) is 3.19. The number of anilines is 2. The Morgan fingerprint density at radius 2 is 1.80 bits per heavy atom. The van der Waals surface area contributed by atoms with E-state index >= 15 is 0 Å². The van der Waals surface area contributed by atoms with Crippen LogP contribution in [0.25, 0.3) is 0 Å². The molecule has 0 bridgehead atoms. The van der Waals surface area contributed by atoms with Gasteiger partial charge in [0, 0.05) is 25.0 Å². The molecule has 0 amide bonds. The van der Waals surface area contributed by atoms with Crippen molar-refractivity contribution in [2.24, 2.45) is 7.05 Å². The van der Waals surface area contributed by atoms with Crippen molar-refractivity contribution in [1.82, 2.24) is 9.78 Å². The summed E-state index contributed by atoms with van der Waals surface area (Å²) in [5, 5.41) is 6.77. The lowest BCUT2D eigenvalue weighted by molar-refractivity contribution is 0.584. The van der Waals surface area contributed by atoms with Gasteiger partial charge in [0.1, 0.15) is 11.6 Å². The maximum atomic E-state index is 12.8. The molecule has 0 aliphatic rings. The van der Waals surface area contributed by atoms with Crippen molar-refractivity contribution in [3.63, 3.8) is 0 Å². The van der Waals surface area contributed by atoms with Gasteiger partial charge < -0.3 is 5.32 Å². The van der Waals surface area contributed by atoms with Gasteiger partial charge in [0.25, 0.3) is 0 Å². The molecule has 0 spiro atoms. The first-order valence-corrected chi connectivity index (χ1v) is 4.35. The number of hydrogen-bond donors (Lipinski definition) is 1. The van der Waals surface area contributed by atoms with E-state index in [0.717, 1.165) is 6.07 Å². The minimum Gasteiger partial charge on any atom is -0.353 e. The average Bonchev–Trinajstić information content (AvgIpc) is 2.49. The molecular weight excluding hydrogens is 200 g/mol. The molecule has 1 aromatic carbocycles. The molecule has 2 rings (SSSR count). The zero-order valence-corrected chi connectivity index (χ0v) is 8.04. The van der Waals surface area contributed by atoms with Gasteiger partial charge in [-0.2, -0.15) is 5.10 Å². The largest absolute Gasteiger partial charge is 0.353 e. The van der Waals surface area contributed by atoms with Crippen LogP contribution in [-0.4, -0.2) is 9.78 Å². The molecule has 5 heteroatoms. The Kier molecular flexibility index (Phi) is 2.37. The molecular formula is C10H9F2N3. The van der Waals surface area contributed by atoms with Gasteiger partial charge in [-0.3, -0.25) is 4.68 Å². The van der Waals surface area contributed by atoms with Crippen LogP contribution in [-0.2, 0) is 7.05 Å². The number of nitrogens with zero attached hydrogens (tertiary/aromatic N) is 2. The average molecular weight is 209 g/mol. The van der Waals surface area contributed by atoms with Crippen molar-refractivity contribution >= 4 is 11.4 Å². The summed E-state index contributed by atoms with van der Waals surface area (Å²) >= 11 is 0. The van der Waals surface area contributed by atoms with Gasteiger partial charge >= 0.3 is 0 Å². The highest BCUT2D eigenvalue weighted by molar-refractivity contribution is 5.57. The van der Waals surface area contributed by atoms with Crippen LogP contribution in [0.5, 0.6) is 0 Å². The molecule has 78 valence electrons. The predicted octanol–water partition coefficient (Wildman–Crippen LogP) is 2.44. The molecule has 0 fully saturated rings. The monoisotopic (exact) mass is 209 g/mol. The second kappa shape index (κ2) is 3.68. The van der Waals surface area contributed by atoms with Crippen molar-refractivity contribution in [2.75, 3.05) is 5.32 Å². The van der Waals surface area contributed by atoms with Crippen LogP contribution in [0, 0.1) is 11.6 Å². The number of hydrogen-bond acceptors (Lipinski definition) is 2. The van der Waals surface area contributed by atoms with Crippen molar-refractivity contribution in [3.05, 3.63) is 42.2 Å². The van der Waals surface area contributed by atoms with Crippen LogP contribution < -0.4 is 5.32 Å². The lowest BCUT2D eigenvalue weighted by Crippen LogP contribution is -1.91. The lowest BCUT2D eigenvalue weighted by atomic mass is 10.3. The zero-order valence-electron chi connectivity index (χ0n) is 8.04. The van der Waals surface area contributed by atoms with E-state index in [9.17, 15) is 8.78 Å². The van der Waals surface area contributed by atoms with Crippen LogP contribution in [0.4, 0.5) is 20.2 Å². The summed E-state index contributed by atoms with van der Waals surface area (Å²) in [7, 11) is 1.76. The molecule has 0 atom stereocenters. The van der Waals surface area contributed by atoms with Crippen molar-refractivity contribution in [3.8, 4) is 0 Å². The van der Waals surface area contributed by atoms with Crippen molar-refractivity contribution in [2.45, 2.75) is 0 Å². The number of halogens is 2. The number of nitrogens with one attached hydrogen (secondary N) is 1. The normalized spacial score (nSPS) is 10.3. The van der Waals surface area contributed by atoms with E-state index < -0.39 is 11.6 Å². The summed E-state index contributed by atoms with van der Waals surface area (Å²) in [5.74, 6) is -1.22. The van der Waals surface area contributed by atoms with Crippen LogP contribution in [0.2, 0.25) is 0 Å². The van der Waals surface area contributed by atoms with E-state index in [2.05, 4.69) is 10.4 Å². The second-order valence-corrected chi connectivity index (χ2v) is 3.19. The highest BCUT2D eigenvalue weighted by atomic mass is 19.1. The minimum atomic E-state index is -0.610. The summed E-state index contributed by atoms with van der Waals surface area (Å²) in [6.45, 7) is 0. The summed E-state index contributed by atoms with van der Waals surface area (Å²) in [6.07, 6.45) is 3.28. The van der Waals surface area contributed by atoms with Crippen LogP contribution in [0.15, 0.2) is 30.6 Å². The molecule has 0 unspecified atom stereocenters. The van der Waals surface area contributed by atoms with Gasteiger partial charge in [0.2, 0.25) is 0 Å². The van der Waals surface area contributed by atoms with Crippen molar-refractivity contribution in [1.29, 1.82) is 0 Å². The van der Waals surface area contributed by atoms with E-state index in [1.807, 2.05) is 0 Å². The fourth-order valence-corrected chi connectivity index (χ4v) is 1.28. The molecule has 0 saturated heterocycles. The fraction of sp³-hybridized carbons (Fsp3) is 0.100. The zero-order chi connectivity index (χ0) is 10.8. The number of benzene rings is 1. The first-order chi connectivity index (χ1) is 7.13. The molecule has 0 aliphatic carbocycles. The van der Waals surface area contributed by atoms with Gasteiger partial charge in [-0.15, -0.1) is 0 Å². The standard InChI is InChI=1S/C10H9F2N3/c1-15-6-10(5-13-15)14-9-3-7(11)2-8(12)4-9/h2-6,14H,1H3. The molecule has 1 heterocycles. The Hall–Kier alpha value is -1.91. The SMILES string of the molecule is Cn1cc(Nc2cc(F)cc(F)c2)cn1. The highest BCUT2D eigenvalue weighted by Gasteiger charge is 2.01. The quantitative estimate of drug-likeness (QED) is 0.823. The van der Waals surface area contributed by atoms with Crippen molar-refractivity contribution < 1.29 is 8.78 Å². The molecule has 3 nitrogen and oxygen atoms in total. The van der Waals surface area contributed by atoms with E-state index in [4.69, 9.17) is 0 Å². The fourth-order valence-electron chi connectivity index (χ4n) is 1.28. The molecule has 2 aromatic rings. The van der Waals surface area contributed by atoms with Crippen LogP contribution in [0.1, 0.15) is 0 Å². The number of rotatable bonds is 2. The summed E-state index contributed by atoms with van der Waals surface area (Å²) in [5.41, 5.74) is 1.04. The Bertz CT molecular complexity index is 459. The van der Waals surface area contributed by atoms with Gasteiger partial charge in [-0.05, 0) is 12.1 Å². The summed E-state index contributed by atoms with van der Waals surface area (Å²) < 4.78 is 27.3. The maximum Gasteiger partial charge on any atom is 0.128 e. The molecule has 1 N–H and O–H groups in total. The van der Waals surface area contributed by atoms with Gasteiger partial charge in [0.15, 0.2) is 0 Å². The smallest absolute Gasteiger partial charge is 0.128 e. The topological polar surface area (TPSA) is 29.9 Å². The van der Waals surface area contributed by atoms with Gasteiger partial charge in [-0.25, -0.2) is 8.78 Å². The number of aryl methyl sites for hydroxylation is 1. The van der Waals surface area contributed by atoms with E-state index in [-0.39, 0.29) is 0 Å². The Morgan fingerprint density at radius 3 is 2.33 bits per heavy atom. The van der Waals surface area contributed by atoms with E-state index in [1.54, 1.807) is 24.1 Å².